The quantitative estimate of drug-likeness (QED) is 0.633. The van der Waals surface area contributed by atoms with E-state index >= 15 is 0 Å². The lowest BCUT2D eigenvalue weighted by molar-refractivity contribution is -0.155. The van der Waals surface area contributed by atoms with E-state index in [1.165, 1.54) is 0 Å². The molecule has 13 heavy (non-hydrogen) atoms. The molecule has 76 valence electrons. The maximum atomic E-state index is 12.1. The summed E-state index contributed by atoms with van der Waals surface area (Å²) in [6.07, 6.45) is -4.16. The zero-order valence-electron chi connectivity index (χ0n) is 7.02. The van der Waals surface area contributed by atoms with Gasteiger partial charge < -0.3 is 4.74 Å². The first-order valence-corrected chi connectivity index (χ1v) is 3.85. The normalized spacial score (nSPS) is 28.9. The van der Waals surface area contributed by atoms with Gasteiger partial charge in [-0.05, 0) is 12.8 Å². The highest BCUT2D eigenvalue weighted by Gasteiger charge is 2.45. The molecule has 0 amide bonds. The standard InChI is InChI=1S/C7H10F3NO2/c1-13-6(12)4-2-3-5(11-4)7(8,9)10/h4-5,11H,2-3H2,1H3/t4-,5+/m1/s1. The van der Waals surface area contributed by atoms with Gasteiger partial charge in [-0.1, -0.05) is 0 Å². The van der Waals surface area contributed by atoms with Gasteiger partial charge in [0.1, 0.15) is 12.1 Å². The smallest absolute Gasteiger partial charge is 0.403 e. The highest BCUT2D eigenvalue weighted by Crippen LogP contribution is 2.28. The van der Waals surface area contributed by atoms with E-state index in [2.05, 4.69) is 10.1 Å². The largest absolute Gasteiger partial charge is 0.468 e. The maximum absolute atomic E-state index is 12.1. The number of nitrogens with one attached hydrogen (secondary N) is 1. The summed E-state index contributed by atoms with van der Waals surface area (Å²) < 4.78 is 40.6. The molecule has 0 aromatic heterocycles. The third kappa shape index (κ3) is 2.33. The molecule has 0 radical (unpaired) electrons. The Balaban J connectivity index is 2.50. The summed E-state index contributed by atoms with van der Waals surface area (Å²) in [5.74, 6) is -0.633. The van der Waals surface area contributed by atoms with E-state index < -0.39 is 24.2 Å². The van der Waals surface area contributed by atoms with Crippen LogP contribution in [0.2, 0.25) is 0 Å². The number of hydrogen-bond acceptors (Lipinski definition) is 3. The van der Waals surface area contributed by atoms with Crippen LogP contribution in [0.5, 0.6) is 0 Å². The van der Waals surface area contributed by atoms with Crippen molar-refractivity contribution in [3.63, 3.8) is 0 Å². The Morgan fingerprint density at radius 1 is 1.46 bits per heavy atom. The number of carbonyl (C=O) groups excluding carboxylic acids is 1. The number of ether oxygens (including phenoxy) is 1. The van der Waals surface area contributed by atoms with Crippen LogP contribution in [0.3, 0.4) is 0 Å². The Hall–Kier alpha value is -0.780. The van der Waals surface area contributed by atoms with E-state index in [1.54, 1.807) is 0 Å². The second kappa shape index (κ2) is 3.53. The fraction of sp³-hybridized carbons (Fsp3) is 0.857. The molecule has 0 aromatic rings. The lowest BCUT2D eigenvalue weighted by atomic mass is 10.2. The molecule has 1 saturated heterocycles. The zero-order valence-corrected chi connectivity index (χ0v) is 7.02. The topological polar surface area (TPSA) is 38.3 Å². The van der Waals surface area contributed by atoms with Gasteiger partial charge in [0.25, 0.3) is 0 Å². The van der Waals surface area contributed by atoms with Crippen molar-refractivity contribution in [1.82, 2.24) is 5.32 Å². The van der Waals surface area contributed by atoms with Gasteiger partial charge >= 0.3 is 12.1 Å². The summed E-state index contributed by atoms with van der Waals surface area (Å²) in [5, 5.41) is 2.18. The average Bonchev–Trinajstić information content (AvgIpc) is 2.50. The van der Waals surface area contributed by atoms with Crippen molar-refractivity contribution in [1.29, 1.82) is 0 Å². The molecule has 1 rings (SSSR count). The molecule has 0 unspecified atom stereocenters. The van der Waals surface area contributed by atoms with Gasteiger partial charge in [0.15, 0.2) is 0 Å². The van der Waals surface area contributed by atoms with Crippen LogP contribution in [0.1, 0.15) is 12.8 Å². The van der Waals surface area contributed by atoms with E-state index in [0.717, 1.165) is 7.11 Å². The third-order valence-electron chi connectivity index (χ3n) is 2.03. The van der Waals surface area contributed by atoms with E-state index in [9.17, 15) is 18.0 Å². The predicted molar refractivity (Wildman–Crippen MR) is 38.0 cm³/mol. The van der Waals surface area contributed by atoms with Crippen LogP contribution in [0, 0.1) is 0 Å². The lowest BCUT2D eigenvalue weighted by Gasteiger charge is -2.15. The number of methoxy groups -OCH3 is 1. The molecule has 1 aliphatic heterocycles. The molecule has 0 aliphatic carbocycles. The highest BCUT2D eigenvalue weighted by molar-refractivity contribution is 5.76. The van der Waals surface area contributed by atoms with Gasteiger partial charge in [-0.25, -0.2) is 0 Å². The zero-order chi connectivity index (χ0) is 10.1. The van der Waals surface area contributed by atoms with Crippen LogP contribution in [0.4, 0.5) is 13.2 Å². The Morgan fingerprint density at radius 3 is 2.46 bits per heavy atom. The van der Waals surface area contributed by atoms with Gasteiger partial charge in [-0.15, -0.1) is 0 Å². The molecule has 3 nitrogen and oxygen atoms in total. The van der Waals surface area contributed by atoms with E-state index in [4.69, 9.17) is 0 Å². The first-order valence-electron chi connectivity index (χ1n) is 3.85. The Morgan fingerprint density at radius 2 is 2.08 bits per heavy atom. The molecule has 0 aromatic carbocycles. The molecular formula is C7H10F3NO2. The average molecular weight is 197 g/mol. The predicted octanol–water partition coefficient (Wildman–Crippen LogP) is 0.842. The maximum Gasteiger partial charge on any atom is 0.403 e. The number of rotatable bonds is 1. The van der Waals surface area contributed by atoms with Crippen LogP contribution in [-0.2, 0) is 9.53 Å². The van der Waals surface area contributed by atoms with Crippen molar-refractivity contribution in [3.8, 4) is 0 Å². The molecule has 0 spiro atoms. The number of halogens is 3. The summed E-state index contributed by atoms with van der Waals surface area (Å²) in [5.41, 5.74) is 0. The summed E-state index contributed by atoms with van der Waals surface area (Å²) >= 11 is 0. The summed E-state index contributed by atoms with van der Waals surface area (Å²) in [7, 11) is 1.16. The van der Waals surface area contributed by atoms with Crippen molar-refractivity contribution < 1.29 is 22.7 Å². The van der Waals surface area contributed by atoms with Crippen LogP contribution >= 0.6 is 0 Å². The van der Waals surface area contributed by atoms with Crippen LogP contribution in [0.25, 0.3) is 0 Å². The van der Waals surface area contributed by atoms with Crippen molar-refractivity contribution in [3.05, 3.63) is 0 Å². The van der Waals surface area contributed by atoms with Gasteiger partial charge in [0.2, 0.25) is 0 Å². The Labute approximate surface area is 73.2 Å². The van der Waals surface area contributed by atoms with Crippen molar-refractivity contribution in [2.24, 2.45) is 0 Å². The summed E-state index contributed by atoms with van der Waals surface area (Å²) in [6.45, 7) is 0. The van der Waals surface area contributed by atoms with Crippen LogP contribution < -0.4 is 5.32 Å². The third-order valence-corrected chi connectivity index (χ3v) is 2.03. The van der Waals surface area contributed by atoms with Crippen LogP contribution in [-0.4, -0.2) is 31.3 Å². The van der Waals surface area contributed by atoms with Gasteiger partial charge in [-0.3, -0.25) is 10.1 Å². The molecule has 1 fully saturated rings. The molecule has 6 heteroatoms. The number of hydrogen-bond donors (Lipinski definition) is 1. The number of carbonyl (C=O) groups is 1. The second-order valence-electron chi connectivity index (χ2n) is 2.91. The molecule has 1 heterocycles. The minimum atomic E-state index is -4.28. The number of alkyl halides is 3. The van der Waals surface area contributed by atoms with E-state index in [-0.39, 0.29) is 12.8 Å². The van der Waals surface area contributed by atoms with Crippen molar-refractivity contribution in [2.75, 3.05) is 7.11 Å². The monoisotopic (exact) mass is 197 g/mol. The van der Waals surface area contributed by atoms with Crippen molar-refractivity contribution in [2.45, 2.75) is 31.1 Å². The summed E-state index contributed by atoms with van der Waals surface area (Å²) in [4.78, 5) is 10.8. The molecule has 1 N–H and O–H groups in total. The first kappa shape index (κ1) is 10.3. The Bertz CT molecular complexity index is 204. The van der Waals surface area contributed by atoms with Gasteiger partial charge in [0.05, 0.1) is 7.11 Å². The SMILES string of the molecule is COC(=O)[C@H]1CC[C@@H](C(F)(F)F)N1. The van der Waals surface area contributed by atoms with Gasteiger partial charge in [-0.2, -0.15) is 13.2 Å². The Kier molecular flexibility index (Phi) is 2.80. The highest BCUT2D eigenvalue weighted by atomic mass is 19.4. The fourth-order valence-electron chi connectivity index (χ4n) is 1.33. The lowest BCUT2D eigenvalue weighted by Crippen LogP contribution is -2.43. The van der Waals surface area contributed by atoms with E-state index in [0.29, 0.717) is 0 Å². The van der Waals surface area contributed by atoms with Gasteiger partial charge in [0, 0.05) is 0 Å². The van der Waals surface area contributed by atoms with E-state index in [1.807, 2.05) is 0 Å². The first-order chi connectivity index (χ1) is 5.95. The summed E-state index contributed by atoms with van der Waals surface area (Å²) in [6, 6.07) is -2.38. The minimum Gasteiger partial charge on any atom is -0.468 e. The number of esters is 1. The molecular weight excluding hydrogens is 187 g/mol. The molecule has 2 atom stereocenters. The molecule has 0 bridgehead atoms. The minimum absolute atomic E-state index is 0.0662. The van der Waals surface area contributed by atoms with Crippen LogP contribution in [0.15, 0.2) is 0 Å². The van der Waals surface area contributed by atoms with Crippen molar-refractivity contribution >= 4 is 5.97 Å². The fourth-order valence-corrected chi connectivity index (χ4v) is 1.33. The second-order valence-corrected chi connectivity index (χ2v) is 2.91. The molecule has 0 saturated carbocycles. The molecule has 1 aliphatic rings.